The van der Waals surface area contributed by atoms with Gasteiger partial charge in [-0.25, -0.2) is 0 Å². The van der Waals surface area contributed by atoms with Gasteiger partial charge in [0.05, 0.1) is 6.61 Å². The first kappa shape index (κ1) is 7.44. The molecule has 0 radical (unpaired) electrons. The van der Waals surface area contributed by atoms with Gasteiger partial charge in [-0.1, -0.05) is 18.2 Å². The maximum absolute atomic E-state index is 8.53. The normalized spacial score (nSPS) is 12.9. The van der Waals surface area contributed by atoms with E-state index in [-0.39, 0.29) is 6.61 Å². The fraction of sp³-hybridized carbons (Fsp3) is 0.429. The predicted octanol–water partition coefficient (Wildman–Crippen LogP) is 1.50. The van der Waals surface area contributed by atoms with Gasteiger partial charge in [0.15, 0.2) is 0 Å². The van der Waals surface area contributed by atoms with Crippen molar-refractivity contribution in [1.29, 1.82) is 0 Å². The molecular weight excluding hydrogens is 100 g/mol. The molecule has 0 aliphatic heterocycles. The van der Waals surface area contributed by atoms with Crippen LogP contribution in [-0.4, -0.2) is 11.7 Å². The minimum atomic E-state index is 0.137. The second kappa shape index (κ2) is 3.44. The second-order valence-electron chi connectivity index (χ2n) is 1.83. The van der Waals surface area contributed by atoms with Gasteiger partial charge in [-0.05, 0) is 19.4 Å². The first-order chi connectivity index (χ1) is 3.72. The van der Waals surface area contributed by atoms with Crippen LogP contribution in [0.3, 0.4) is 0 Å². The summed E-state index contributed by atoms with van der Waals surface area (Å²) in [6.45, 7) is 7.51. The third-order valence-electron chi connectivity index (χ3n) is 1.22. The molecule has 1 nitrogen and oxygen atoms in total. The average molecular weight is 112 g/mol. The molecule has 0 amide bonds. The molecule has 1 heteroatoms. The molecule has 0 bridgehead atoms. The topological polar surface area (TPSA) is 20.2 Å². The standard InChI is InChI=1S/C7H12O/c1-4-6(2)7(3)5-8/h4,8H,1,5H2,2-3H3. The van der Waals surface area contributed by atoms with Gasteiger partial charge >= 0.3 is 0 Å². The Morgan fingerprint density at radius 1 is 1.62 bits per heavy atom. The lowest BCUT2D eigenvalue weighted by Gasteiger charge is -1.95. The third-order valence-corrected chi connectivity index (χ3v) is 1.22. The Hall–Kier alpha value is -0.560. The van der Waals surface area contributed by atoms with Crippen LogP contribution in [-0.2, 0) is 0 Å². The van der Waals surface area contributed by atoms with Crippen molar-refractivity contribution in [3.63, 3.8) is 0 Å². The molecule has 0 saturated heterocycles. The summed E-state index contributed by atoms with van der Waals surface area (Å²) in [4.78, 5) is 0. The van der Waals surface area contributed by atoms with Crippen LogP contribution in [0.25, 0.3) is 0 Å². The number of hydrogen-bond acceptors (Lipinski definition) is 1. The molecule has 0 aliphatic rings. The number of hydrogen-bond donors (Lipinski definition) is 1. The van der Waals surface area contributed by atoms with Crippen LogP contribution in [0, 0.1) is 0 Å². The quantitative estimate of drug-likeness (QED) is 0.537. The summed E-state index contributed by atoms with van der Waals surface area (Å²) < 4.78 is 0. The van der Waals surface area contributed by atoms with E-state index in [0.717, 1.165) is 11.1 Å². The van der Waals surface area contributed by atoms with Gasteiger partial charge in [-0.15, -0.1) is 0 Å². The molecule has 0 aromatic heterocycles. The highest BCUT2D eigenvalue weighted by atomic mass is 16.3. The monoisotopic (exact) mass is 112 g/mol. The van der Waals surface area contributed by atoms with E-state index in [1.54, 1.807) is 6.08 Å². The second-order valence-corrected chi connectivity index (χ2v) is 1.83. The van der Waals surface area contributed by atoms with Crippen molar-refractivity contribution in [3.8, 4) is 0 Å². The number of allylic oxidation sites excluding steroid dienone is 2. The van der Waals surface area contributed by atoms with E-state index in [1.807, 2.05) is 13.8 Å². The van der Waals surface area contributed by atoms with Crippen molar-refractivity contribution in [2.24, 2.45) is 0 Å². The molecule has 0 unspecified atom stereocenters. The Bertz CT molecular complexity index is 112. The van der Waals surface area contributed by atoms with Gasteiger partial charge in [0.1, 0.15) is 0 Å². The number of aliphatic hydroxyl groups is 1. The fourth-order valence-corrected chi connectivity index (χ4v) is 0.299. The van der Waals surface area contributed by atoms with E-state index >= 15 is 0 Å². The summed E-state index contributed by atoms with van der Waals surface area (Å²) >= 11 is 0. The first-order valence-corrected chi connectivity index (χ1v) is 2.62. The average Bonchev–Trinajstić information content (AvgIpc) is 1.84. The van der Waals surface area contributed by atoms with E-state index < -0.39 is 0 Å². The SMILES string of the molecule is C=CC(C)=C(C)CO. The smallest absolute Gasteiger partial charge is 0.0644 e. The van der Waals surface area contributed by atoms with Crippen LogP contribution >= 0.6 is 0 Å². The molecule has 0 aromatic rings. The Kier molecular flexibility index (Phi) is 3.20. The largest absolute Gasteiger partial charge is 0.392 e. The Morgan fingerprint density at radius 2 is 2.12 bits per heavy atom. The summed E-state index contributed by atoms with van der Waals surface area (Å²) in [7, 11) is 0. The first-order valence-electron chi connectivity index (χ1n) is 2.62. The van der Waals surface area contributed by atoms with Gasteiger partial charge < -0.3 is 5.11 Å². The van der Waals surface area contributed by atoms with Crippen molar-refractivity contribution in [2.75, 3.05) is 6.61 Å². The van der Waals surface area contributed by atoms with Crippen LogP contribution in [0.5, 0.6) is 0 Å². The van der Waals surface area contributed by atoms with Crippen molar-refractivity contribution < 1.29 is 5.11 Å². The van der Waals surface area contributed by atoms with E-state index in [9.17, 15) is 0 Å². The molecule has 1 N–H and O–H groups in total. The lowest BCUT2D eigenvalue weighted by Crippen LogP contribution is -1.86. The molecule has 0 spiro atoms. The molecular formula is C7H12O. The van der Waals surface area contributed by atoms with Crippen LogP contribution in [0.4, 0.5) is 0 Å². The summed E-state index contributed by atoms with van der Waals surface area (Å²) in [6.07, 6.45) is 1.74. The third kappa shape index (κ3) is 1.94. The number of rotatable bonds is 2. The van der Waals surface area contributed by atoms with Crippen molar-refractivity contribution >= 4 is 0 Å². The molecule has 0 saturated carbocycles. The molecule has 0 aliphatic carbocycles. The van der Waals surface area contributed by atoms with Gasteiger partial charge in [0.25, 0.3) is 0 Å². The highest BCUT2D eigenvalue weighted by Gasteiger charge is 1.86. The van der Waals surface area contributed by atoms with Gasteiger partial charge in [-0.2, -0.15) is 0 Å². The van der Waals surface area contributed by atoms with Crippen LogP contribution in [0.2, 0.25) is 0 Å². The Balaban J connectivity index is 4.03. The molecule has 0 rings (SSSR count). The molecule has 0 fully saturated rings. The number of aliphatic hydroxyl groups excluding tert-OH is 1. The minimum Gasteiger partial charge on any atom is -0.392 e. The highest BCUT2D eigenvalue weighted by molar-refractivity contribution is 5.20. The Morgan fingerprint density at radius 3 is 2.25 bits per heavy atom. The lowest BCUT2D eigenvalue weighted by atomic mass is 10.2. The van der Waals surface area contributed by atoms with Gasteiger partial charge in [0.2, 0.25) is 0 Å². The van der Waals surface area contributed by atoms with E-state index in [1.165, 1.54) is 0 Å². The van der Waals surface area contributed by atoms with Crippen molar-refractivity contribution in [3.05, 3.63) is 23.8 Å². The molecule has 0 atom stereocenters. The predicted molar refractivity (Wildman–Crippen MR) is 35.7 cm³/mol. The summed E-state index contributed by atoms with van der Waals surface area (Å²) in [5, 5.41) is 8.53. The maximum Gasteiger partial charge on any atom is 0.0644 e. The van der Waals surface area contributed by atoms with Gasteiger partial charge in [-0.3, -0.25) is 0 Å². The van der Waals surface area contributed by atoms with Crippen LogP contribution < -0.4 is 0 Å². The molecule has 0 aromatic carbocycles. The van der Waals surface area contributed by atoms with Crippen LogP contribution in [0.15, 0.2) is 23.8 Å². The Labute approximate surface area is 50.3 Å². The van der Waals surface area contributed by atoms with Gasteiger partial charge in [0, 0.05) is 0 Å². The van der Waals surface area contributed by atoms with Crippen LogP contribution in [0.1, 0.15) is 13.8 Å². The zero-order valence-corrected chi connectivity index (χ0v) is 5.44. The zero-order valence-electron chi connectivity index (χ0n) is 5.44. The van der Waals surface area contributed by atoms with Crippen molar-refractivity contribution in [2.45, 2.75) is 13.8 Å². The molecule has 0 heterocycles. The fourth-order valence-electron chi connectivity index (χ4n) is 0.299. The molecule has 8 heavy (non-hydrogen) atoms. The minimum absolute atomic E-state index is 0.137. The zero-order chi connectivity index (χ0) is 6.57. The summed E-state index contributed by atoms with van der Waals surface area (Å²) in [5.74, 6) is 0. The van der Waals surface area contributed by atoms with E-state index in [4.69, 9.17) is 5.11 Å². The molecule has 46 valence electrons. The summed E-state index contributed by atoms with van der Waals surface area (Å²) in [5.41, 5.74) is 2.05. The lowest BCUT2D eigenvalue weighted by molar-refractivity contribution is 0.330. The highest BCUT2D eigenvalue weighted by Crippen LogP contribution is 2.01. The van der Waals surface area contributed by atoms with E-state index in [2.05, 4.69) is 6.58 Å². The maximum atomic E-state index is 8.53. The van der Waals surface area contributed by atoms with E-state index in [0.29, 0.717) is 0 Å². The summed E-state index contributed by atoms with van der Waals surface area (Å²) in [6, 6.07) is 0. The van der Waals surface area contributed by atoms with Crippen molar-refractivity contribution in [1.82, 2.24) is 0 Å².